The molecular weight excluding hydrogens is 592 g/mol. The lowest BCUT2D eigenvalue weighted by Crippen LogP contribution is -2.45. The summed E-state index contributed by atoms with van der Waals surface area (Å²) < 4.78 is 18.0. The van der Waals surface area contributed by atoms with Crippen LogP contribution in [0.3, 0.4) is 0 Å². The molecule has 3 heterocycles. The summed E-state index contributed by atoms with van der Waals surface area (Å²) >= 11 is 0. The summed E-state index contributed by atoms with van der Waals surface area (Å²) in [6.45, 7) is 6.81. The zero-order valence-electron chi connectivity index (χ0n) is 27.2. The largest absolute Gasteiger partial charge is 0.497 e. The lowest BCUT2D eigenvalue weighted by molar-refractivity contribution is -0.146. The average Bonchev–Trinajstić information content (AvgIpc) is 3.52. The number of rotatable bonds is 8. The molecule has 0 bridgehead atoms. The molecule has 0 aromatic heterocycles. The topological polar surface area (TPSA) is 88.5 Å². The number of hydrogen-bond donors (Lipinski definition) is 1. The molecule has 1 spiro atoms. The normalized spacial score (nSPS) is 23.6. The van der Waals surface area contributed by atoms with Crippen LogP contribution in [-0.4, -0.2) is 43.3 Å². The van der Waals surface area contributed by atoms with E-state index in [9.17, 15) is 14.7 Å². The molecule has 4 aromatic carbocycles. The van der Waals surface area contributed by atoms with Crippen molar-refractivity contribution in [2.45, 2.75) is 50.9 Å². The van der Waals surface area contributed by atoms with E-state index in [4.69, 9.17) is 14.2 Å². The minimum absolute atomic E-state index is 0.0222. The standard InChI is InChI=1S/C39H40N2O6/c1-25-36(38(2,3)27-15-19-29(45-4)20-16-27)34(21-22-42)47-39(25)30-9-5-6-10-31(30)40(37(39)44)23-26-13-17-28(18-14-26)41-32-11-7-8-12-33(32)46-24-35(41)43/h5-20,25,34,36,42H,21-24H2,1-4H3/t25-,34+,36-,39+/m0/s1. The Morgan fingerprint density at radius 3 is 2.30 bits per heavy atom. The number of methoxy groups -OCH3 is 1. The van der Waals surface area contributed by atoms with Gasteiger partial charge in [0.25, 0.3) is 11.8 Å². The monoisotopic (exact) mass is 632 g/mol. The van der Waals surface area contributed by atoms with Crippen molar-refractivity contribution in [3.05, 3.63) is 114 Å². The molecule has 1 N–H and O–H groups in total. The third-order valence-corrected chi connectivity index (χ3v) is 10.4. The molecule has 4 aromatic rings. The van der Waals surface area contributed by atoms with E-state index in [1.54, 1.807) is 12.0 Å². The van der Waals surface area contributed by atoms with Crippen LogP contribution in [0.15, 0.2) is 97.1 Å². The third-order valence-electron chi connectivity index (χ3n) is 10.4. The van der Waals surface area contributed by atoms with Gasteiger partial charge in [0.15, 0.2) is 12.2 Å². The summed E-state index contributed by atoms with van der Waals surface area (Å²) in [5.74, 6) is 0.966. The van der Waals surface area contributed by atoms with Crippen molar-refractivity contribution in [2.24, 2.45) is 11.8 Å². The van der Waals surface area contributed by atoms with E-state index in [-0.39, 0.29) is 48.4 Å². The number of anilines is 3. The minimum atomic E-state index is -1.19. The highest BCUT2D eigenvalue weighted by atomic mass is 16.5. The van der Waals surface area contributed by atoms with Crippen molar-refractivity contribution < 1.29 is 28.9 Å². The second kappa shape index (κ2) is 11.9. The molecule has 1 saturated heterocycles. The summed E-state index contributed by atoms with van der Waals surface area (Å²) in [5, 5.41) is 10.1. The molecule has 8 heteroatoms. The molecule has 1 fully saturated rings. The van der Waals surface area contributed by atoms with E-state index < -0.39 is 5.60 Å². The summed E-state index contributed by atoms with van der Waals surface area (Å²) in [6, 6.07) is 31.2. The maximum Gasteiger partial charge on any atom is 0.269 e. The van der Waals surface area contributed by atoms with Gasteiger partial charge in [-0.1, -0.05) is 75.4 Å². The maximum absolute atomic E-state index is 14.8. The Kier molecular flexibility index (Phi) is 7.81. The van der Waals surface area contributed by atoms with Gasteiger partial charge in [0, 0.05) is 29.7 Å². The van der Waals surface area contributed by atoms with Crippen LogP contribution in [0.1, 0.15) is 43.9 Å². The first-order chi connectivity index (χ1) is 22.7. The van der Waals surface area contributed by atoms with Crippen LogP contribution >= 0.6 is 0 Å². The molecule has 7 rings (SSSR count). The van der Waals surface area contributed by atoms with E-state index in [0.29, 0.717) is 24.4 Å². The number of fused-ring (bicyclic) bond motifs is 3. The van der Waals surface area contributed by atoms with Crippen LogP contribution in [0.5, 0.6) is 11.5 Å². The first kappa shape index (κ1) is 31.0. The lowest BCUT2D eigenvalue weighted by atomic mass is 9.63. The van der Waals surface area contributed by atoms with Crippen LogP contribution in [0.4, 0.5) is 17.1 Å². The predicted molar refractivity (Wildman–Crippen MR) is 180 cm³/mol. The van der Waals surface area contributed by atoms with Gasteiger partial charge in [0.2, 0.25) is 0 Å². The van der Waals surface area contributed by atoms with Gasteiger partial charge in [0.05, 0.1) is 31.1 Å². The number of aliphatic hydroxyl groups is 1. The van der Waals surface area contributed by atoms with Gasteiger partial charge in [-0.3, -0.25) is 14.5 Å². The number of carbonyl (C=O) groups is 2. The van der Waals surface area contributed by atoms with Gasteiger partial charge in [-0.2, -0.15) is 0 Å². The van der Waals surface area contributed by atoms with Crippen molar-refractivity contribution in [2.75, 3.05) is 30.1 Å². The van der Waals surface area contributed by atoms with Crippen LogP contribution < -0.4 is 19.3 Å². The summed E-state index contributed by atoms with van der Waals surface area (Å²) in [7, 11) is 1.65. The van der Waals surface area contributed by atoms with Crippen molar-refractivity contribution >= 4 is 28.9 Å². The second-order valence-electron chi connectivity index (χ2n) is 13.2. The molecule has 47 heavy (non-hydrogen) atoms. The molecule has 0 unspecified atom stereocenters. The highest BCUT2D eigenvalue weighted by Crippen LogP contribution is 2.59. The molecule has 0 radical (unpaired) electrons. The highest BCUT2D eigenvalue weighted by Gasteiger charge is 2.65. The van der Waals surface area contributed by atoms with Gasteiger partial charge in [-0.25, -0.2) is 0 Å². The lowest BCUT2D eigenvalue weighted by Gasteiger charge is -2.38. The van der Waals surface area contributed by atoms with Gasteiger partial charge >= 0.3 is 0 Å². The van der Waals surface area contributed by atoms with Crippen molar-refractivity contribution in [1.82, 2.24) is 0 Å². The fraction of sp³-hybridized carbons (Fsp3) is 0.333. The van der Waals surface area contributed by atoms with E-state index in [1.165, 1.54) is 0 Å². The predicted octanol–water partition coefficient (Wildman–Crippen LogP) is 6.51. The molecule has 0 saturated carbocycles. The number of aliphatic hydroxyl groups excluding tert-OH is 1. The van der Waals surface area contributed by atoms with Crippen molar-refractivity contribution in [3.8, 4) is 11.5 Å². The number of ether oxygens (including phenoxy) is 3. The smallest absolute Gasteiger partial charge is 0.269 e. The van der Waals surface area contributed by atoms with Crippen molar-refractivity contribution in [3.63, 3.8) is 0 Å². The third kappa shape index (κ3) is 4.89. The number of para-hydroxylation sites is 3. The molecule has 8 nitrogen and oxygen atoms in total. The number of carbonyl (C=O) groups excluding carboxylic acids is 2. The molecule has 3 aliphatic heterocycles. The Bertz CT molecular complexity index is 1800. The zero-order valence-corrected chi connectivity index (χ0v) is 27.2. The molecular formula is C39H40N2O6. The number of benzene rings is 4. The fourth-order valence-corrected chi connectivity index (χ4v) is 8.14. The minimum Gasteiger partial charge on any atom is -0.497 e. The van der Waals surface area contributed by atoms with E-state index in [0.717, 1.165) is 33.8 Å². The van der Waals surface area contributed by atoms with Gasteiger partial charge in [-0.15, -0.1) is 0 Å². The van der Waals surface area contributed by atoms with Crippen LogP contribution in [0.2, 0.25) is 0 Å². The fourth-order valence-electron chi connectivity index (χ4n) is 8.14. The number of hydrogen-bond acceptors (Lipinski definition) is 6. The first-order valence-electron chi connectivity index (χ1n) is 16.2. The van der Waals surface area contributed by atoms with Gasteiger partial charge in [-0.05, 0) is 65.4 Å². The number of amides is 2. The van der Waals surface area contributed by atoms with Gasteiger partial charge in [0.1, 0.15) is 11.5 Å². The zero-order chi connectivity index (χ0) is 32.9. The van der Waals surface area contributed by atoms with E-state index in [1.807, 2.05) is 89.8 Å². The van der Waals surface area contributed by atoms with Gasteiger partial charge < -0.3 is 24.2 Å². The number of nitrogens with zero attached hydrogens (tertiary/aromatic N) is 2. The molecule has 2 amide bonds. The molecule has 4 atom stereocenters. The average molecular weight is 633 g/mol. The van der Waals surface area contributed by atoms with Crippen LogP contribution in [-0.2, 0) is 31.9 Å². The molecule has 242 valence electrons. The SMILES string of the molecule is COc1ccc(C(C)(C)[C@@H]2[C@@H](CCO)O[C@]3(C(=O)N(Cc4ccc(N5C(=O)COc6ccccc65)cc4)c4ccccc43)[C@H]2C)cc1. The Balaban J connectivity index is 1.21. The van der Waals surface area contributed by atoms with E-state index in [2.05, 4.69) is 32.9 Å². The summed E-state index contributed by atoms with van der Waals surface area (Å²) in [4.78, 5) is 31.2. The Hall–Kier alpha value is -4.66. The maximum atomic E-state index is 14.8. The summed E-state index contributed by atoms with van der Waals surface area (Å²) in [6.07, 6.45) is 0.0914. The van der Waals surface area contributed by atoms with Crippen LogP contribution in [0.25, 0.3) is 0 Å². The Morgan fingerprint density at radius 1 is 0.915 bits per heavy atom. The van der Waals surface area contributed by atoms with Crippen LogP contribution in [0, 0.1) is 11.8 Å². The first-order valence-corrected chi connectivity index (χ1v) is 16.2. The Morgan fingerprint density at radius 2 is 1.60 bits per heavy atom. The summed E-state index contributed by atoms with van der Waals surface area (Å²) in [5.41, 5.74) is 3.63. The van der Waals surface area contributed by atoms with E-state index >= 15 is 0 Å². The molecule has 3 aliphatic rings. The Labute approximate surface area is 275 Å². The quantitative estimate of drug-likeness (QED) is 0.239. The van der Waals surface area contributed by atoms with Crippen molar-refractivity contribution in [1.29, 1.82) is 0 Å². The second-order valence-corrected chi connectivity index (χ2v) is 13.2. The highest BCUT2D eigenvalue weighted by molar-refractivity contribution is 6.07. The molecule has 0 aliphatic carbocycles.